The number of halogens is 1. The molecule has 1 unspecified atom stereocenters. The van der Waals surface area contributed by atoms with Crippen molar-refractivity contribution in [1.29, 1.82) is 0 Å². The molecule has 1 aromatic rings. The minimum absolute atomic E-state index is 0.153. The van der Waals surface area contributed by atoms with E-state index in [2.05, 4.69) is 10.1 Å². The third-order valence-corrected chi connectivity index (χ3v) is 3.31. The first kappa shape index (κ1) is 17.5. The Morgan fingerprint density at radius 3 is 2.71 bits per heavy atom. The van der Waals surface area contributed by atoms with Gasteiger partial charge in [-0.25, -0.2) is 0 Å². The van der Waals surface area contributed by atoms with E-state index in [1.54, 1.807) is 31.0 Å². The largest absolute Gasteiger partial charge is 0.469 e. The molecule has 0 radical (unpaired) electrons. The highest BCUT2D eigenvalue weighted by atomic mass is 35.5. The standard InChI is InChI=1S/C15H21ClN2O3/c1-10-5-6-12(16)7-13(10)17-14(19)9-18(3)8-11(2)15(20)21-4/h5-7,11H,8-9H2,1-4H3,(H,17,19). The molecule has 0 spiro atoms. The van der Waals surface area contributed by atoms with Crippen molar-refractivity contribution in [2.75, 3.05) is 32.6 Å². The van der Waals surface area contributed by atoms with Gasteiger partial charge in [-0.05, 0) is 31.7 Å². The van der Waals surface area contributed by atoms with E-state index in [0.717, 1.165) is 5.56 Å². The van der Waals surface area contributed by atoms with Crippen molar-refractivity contribution in [3.63, 3.8) is 0 Å². The van der Waals surface area contributed by atoms with Gasteiger partial charge in [0.2, 0.25) is 5.91 Å². The van der Waals surface area contributed by atoms with E-state index in [1.165, 1.54) is 7.11 Å². The Labute approximate surface area is 130 Å². The first-order chi connectivity index (χ1) is 9.83. The highest BCUT2D eigenvalue weighted by molar-refractivity contribution is 6.31. The summed E-state index contributed by atoms with van der Waals surface area (Å²) in [6.07, 6.45) is 0. The molecular formula is C15H21ClN2O3. The molecule has 0 saturated heterocycles. The molecule has 0 bridgehead atoms. The molecule has 1 aromatic carbocycles. The van der Waals surface area contributed by atoms with Gasteiger partial charge in [0, 0.05) is 17.3 Å². The number of esters is 1. The third-order valence-electron chi connectivity index (χ3n) is 3.08. The maximum Gasteiger partial charge on any atom is 0.309 e. The van der Waals surface area contributed by atoms with Gasteiger partial charge in [-0.2, -0.15) is 0 Å². The molecule has 1 N–H and O–H groups in total. The summed E-state index contributed by atoms with van der Waals surface area (Å²) in [7, 11) is 3.14. The summed E-state index contributed by atoms with van der Waals surface area (Å²) in [4.78, 5) is 25.1. The van der Waals surface area contributed by atoms with Crippen molar-refractivity contribution in [3.05, 3.63) is 28.8 Å². The highest BCUT2D eigenvalue weighted by Gasteiger charge is 2.17. The maximum atomic E-state index is 12.0. The first-order valence-electron chi connectivity index (χ1n) is 6.66. The molecule has 1 atom stereocenters. The summed E-state index contributed by atoms with van der Waals surface area (Å²) < 4.78 is 4.66. The molecule has 0 aromatic heterocycles. The zero-order valence-corrected chi connectivity index (χ0v) is 13.5. The molecule has 0 aliphatic heterocycles. The summed E-state index contributed by atoms with van der Waals surface area (Å²) in [5, 5.41) is 3.39. The molecule has 0 fully saturated rings. The number of carbonyl (C=O) groups is 2. The van der Waals surface area contributed by atoms with Crippen LogP contribution >= 0.6 is 11.6 Å². The predicted molar refractivity (Wildman–Crippen MR) is 83.5 cm³/mol. The molecular weight excluding hydrogens is 292 g/mol. The molecule has 116 valence electrons. The minimum Gasteiger partial charge on any atom is -0.469 e. The Morgan fingerprint density at radius 2 is 2.10 bits per heavy atom. The number of hydrogen-bond donors (Lipinski definition) is 1. The van der Waals surface area contributed by atoms with Gasteiger partial charge in [0.25, 0.3) is 0 Å². The first-order valence-corrected chi connectivity index (χ1v) is 7.03. The van der Waals surface area contributed by atoms with Crippen LogP contribution in [-0.2, 0) is 14.3 Å². The number of nitrogens with one attached hydrogen (secondary N) is 1. The third kappa shape index (κ3) is 5.73. The average molecular weight is 313 g/mol. The molecule has 0 heterocycles. The summed E-state index contributed by atoms with van der Waals surface area (Å²) in [5.41, 5.74) is 1.64. The Morgan fingerprint density at radius 1 is 1.43 bits per heavy atom. The Bertz CT molecular complexity index is 520. The lowest BCUT2D eigenvalue weighted by atomic mass is 10.1. The van der Waals surface area contributed by atoms with Crippen LogP contribution < -0.4 is 5.32 Å². The number of aryl methyl sites for hydroxylation is 1. The highest BCUT2D eigenvalue weighted by Crippen LogP contribution is 2.20. The lowest BCUT2D eigenvalue weighted by Crippen LogP contribution is -2.35. The van der Waals surface area contributed by atoms with E-state index in [9.17, 15) is 9.59 Å². The SMILES string of the molecule is COC(=O)C(C)CN(C)CC(=O)Nc1cc(Cl)ccc1C. The van der Waals surface area contributed by atoms with Crippen molar-refractivity contribution in [2.45, 2.75) is 13.8 Å². The normalized spacial score (nSPS) is 12.1. The number of likely N-dealkylation sites (N-methyl/N-ethyl adjacent to an activating group) is 1. The maximum absolute atomic E-state index is 12.0. The summed E-state index contributed by atoms with van der Waals surface area (Å²) in [6.45, 7) is 4.30. The summed E-state index contributed by atoms with van der Waals surface area (Å²) in [5.74, 6) is -0.714. The smallest absolute Gasteiger partial charge is 0.309 e. The van der Waals surface area contributed by atoms with E-state index in [1.807, 2.05) is 13.0 Å². The number of anilines is 1. The van der Waals surface area contributed by atoms with Crippen LogP contribution in [0, 0.1) is 12.8 Å². The van der Waals surface area contributed by atoms with Crippen LogP contribution in [0.1, 0.15) is 12.5 Å². The second-order valence-corrected chi connectivity index (χ2v) is 5.56. The molecule has 1 amide bonds. The van der Waals surface area contributed by atoms with Crippen molar-refractivity contribution >= 4 is 29.2 Å². The van der Waals surface area contributed by atoms with E-state index in [-0.39, 0.29) is 24.3 Å². The summed E-state index contributed by atoms with van der Waals surface area (Å²) >= 11 is 5.91. The van der Waals surface area contributed by atoms with E-state index in [0.29, 0.717) is 17.3 Å². The van der Waals surface area contributed by atoms with Crippen LogP contribution in [0.25, 0.3) is 0 Å². The number of rotatable bonds is 6. The number of methoxy groups -OCH3 is 1. The van der Waals surface area contributed by atoms with Gasteiger partial charge >= 0.3 is 5.97 Å². The zero-order chi connectivity index (χ0) is 16.0. The second kappa shape index (κ2) is 8.00. The van der Waals surface area contributed by atoms with Crippen LogP contribution in [0.5, 0.6) is 0 Å². The van der Waals surface area contributed by atoms with Crippen LogP contribution in [-0.4, -0.2) is 44.0 Å². The molecule has 0 saturated carbocycles. The fraction of sp³-hybridized carbons (Fsp3) is 0.467. The predicted octanol–water partition coefficient (Wildman–Crippen LogP) is 2.33. The number of benzene rings is 1. The summed E-state index contributed by atoms with van der Waals surface area (Å²) in [6, 6.07) is 5.34. The number of hydrogen-bond acceptors (Lipinski definition) is 4. The van der Waals surface area contributed by atoms with Gasteiger partial charge in [0.05, 0.1) is 19.6 Å². The second-order valence-electron chi connectivity index (χ2n) is 5.13. The lowest BCUT2D eigenvalue weighted by Gasteiger charge is -2.19. The Kier molecular flexibility index (Phi) is 6.65. The number of ether oxygens (including phenoxy) is 1. The van der Waals surface area contributed by atoms with Crippen molar-refractivity contribution < 1.29 is 14.3 Å². The minimum atomic E-state index is -0.284. The molecule has 21 heavy (non-hydrogen) atoms. The average Bonchev–Trinajstić information content (AvgIpc) is 2.41. The van der Waals surface area contributed by atoms with Crippen LogP contribution in [0.15, 0.2) is 18.2 Å². The molecule has 5 nitrogen and oxygen atoms in total. The quantitative estimate of drug-likeness (QED) is 0.819. The van der Waals surface area contributed by atoms with Gasteiger partial charge in [-0.3, -0.25) is 14.5 Å². The van der Waals surface area contributed by atoms with Crippen molar-refractivity contribution in [3.8, 4) is 0 Å². The fourth-order valence-electron chi connectivity index (χ4n) is 1.97. The molecule has 0 aliphatic carbocycles. The van der Waals surface area contributed by atoms with Crippen molar-refractivity contribution in [2.24, 2.45) is 5.92 Å². The van der Waals surface area contributed by atoms with Gasteiger partial charge in [-0.15, -0.1) is 0 Å². The Hall–Kier alpha value is -1.59. The van der Waals surface area contributed by atoms with Gasteiger partial charge in [0.1, 0.15) is 0 Å². The fourth-order valence-corrected chi connectivity index (χ4v) is 2.14. The molecule has 6 heteroatoms. The van der Waals surface area contributed by atoms with E-state index < -0.39 is 0 Å². The molecule has 1 rings (SSSR count). The van der Waals surface area contributed by atoms with Crippen molar-refractivity contribution in [1.82, 2.24) is 4.90 Å². The van der Waals surface area contributed by atoms with Crippen LogP contribution in [0.3, 0.4) is 0 Å². The van der Waals surface area contributed by atoms with Gasteiger partial charge < -0.3 is 10.1 Å². The van der Waals surface area contributed by atoms with Gasteiger partial charge in [0.15, 0.2) is 0 Å². The Balaban J connectivity index is 2.53. The molecule has 0 aliphatic rings. The topological polar surface area (TPSA) is 58.6 Å². The monoisotopic (exact) mass is 312 g/mol. The van der Waals surface area contributed by atoms with Crippen LogP contribution in [0.4, 0.5) is 5.69 Å². The zero-order valence-electron chi connectivity index (χ0n) is 12.8. The van der Waals surface area contributed by atoms with Crippen LogP contribution in [0.2, 0.25) is 5.02 Å². The number of amides is 1. The lowest BCUT2D eigenvalue weighted by molar-refractivity contribution is -0.145. The van der Waals surface area contributed by atoms with E-state index in [4.69, 9.17) is 11.6 Å². The van der Waals surface area contributed by atoms with E-state index >= 15 is 0 Å². The van der Waals surface area contributed by atoms with Gasteiger partial charge in [-0.1, -0.05) is 24.6 Å². The number of nitrogens with zero attached hydrogens (tertiary/aromatic N) is 1. The number of carbonyl (C=O) groups excluding carboxylic acids is 2.